The van der Waals surface area contributed by atoms with Crippen molar-refractivity contribution in [3.8, 4) is 0 Å². The minimum absolute atomic E-state index is 0.243. The van der Waals surface area contributed by atoms with E-state index in [1.807, 2.05) is 0 Å². The van der Waals surface area contributed by atoms with E-state index in [2.05, 4.69) is 0 Å². The third kappa shape index (κ3) is 5.14. The van der Waals surface area contributed by atoms with E-state index in [1.54, 1.807) is 6.92 Å². The number of hydrogen-bond donors (Lipinski definition) is 1. The van der Waals surface area contributed by atoms with Crippen LogP contribution in [0.1, 0.15) is 45.4 Å². The Kier molecular flexibility index (Phi) is 6.80. The van der Waals surface area contributed by atoms with Crippen molar-refractivity contribution < 1.29 is 40.1 Å². The van der Waals surface area contributed by atoms with Gasteiger partial charge in [-0.15, -0.1) is 11.8 Å². The van der Waals surface area contributed by atoms with Crippen molar-refractivity contribution in [3.05, 3.63) is 23.3 Å². The molecule has 1 aromatic carbocycles. The highest BCUT2D eigenvalue weighted by Gasteiger charge is 2.33. The predicted molar refractivity (Wildman–Crippen MR) is 89.0 cm³/mol. The molecule has 1 fully saturated rings. The van der Waals surface area contributed by atoms with Gasteiger partial charge in [0.1, 0.15) is 5.60 Å². The highest BCUT2D eigenvalue weighted by atomic mass is 32.2. The smallest absolute Gasteiger partial charge is 0.307 e. The lowest BCUT2D eigenvalue weighted by Crippen LogP contribution is -2.34. The summed E-state index contributed by atoms with van der Waals surface area (Å²) in [7, 11) is -5.50. The highest BCUT2D eigenvalue weighted by Crippen LogP contribution is 2.35. The fourth-order valence-electron chi connectivity index (χ4n) is 2.91. The third-order valence-corrected chi connectivity index (χ3v) is 6.19. The van der Waals surface area contributed by atoms with E-state index in [-0.39, 0.29) is 12.2 Å². The van der Waals surface area contributed by atoms with Crippen LogP contribution in [0.15, 0.2) is 9.79 Å². The molecule has 0 unspecified atom stereocenters. The van der Waals surface area contributed by atoms with Gasteiger partial charge in [-0.3, -0.25) is 9.35 Å². The molecule has 0 bridgehead atoms. The zero-order chi connectivity index (χ0) is 20.4. The second-order valence-electron chi connectivity index (χ2n) is 6.47. The van der Waals surface area contributed by atoms with Gasteiger partial charge >= 0.3 is 16.1 Å². The van der Waals surface area contributed by atoms with E-state index in [0.29, 0.717) is 24.6 Å². The average Bonchev–Trinajstić information content (AvgIpc) is 2.55. The summed E-state index contributed by atoms with van der Waals surface area (Å²) in [4.78, 5) is 8.70. The number of thioether (sulfide) groups is 1. The molecule has 2 rings (SSSR count). The van der Waals surface area contributed by atoms with Crippen LogP contribution < -0.4 is 0 Å². The topological polar surface area (TPSA) is 80.7 Å². The molecule has 0 heterocycles. The molecule has 1 aliphatic rings. The molecule has 152 valence electrons. The molecule has 0 amide bonds. The molecule has 0 aromatic heterocycles. The maximum atomic E-state index is 13.9. The number of carbonyl (C=O) groups is 1. The first kappa shape index (κ1) is 22.0. The Labute approximate surface area is 158 Å². The fraction of sp³-hybridized carbons (Fsp3) is 0.562. The molecule has 0 saturated heterocycles. The van der Waals surface area contributed by atoms with Gasteiger partial charge in [0.25, 0.3) is 0 Å². The van der Waals surface area contributed by atoms with Crippen LogP contribution >= 0.6 is 11.8 Å². The quantitative estimate of drug-likeness (QED) is 0.239. The van der Waals surface area contributed by atoms with Gasteiger partial charge in [0.2, 0.25) is 0 Å². The number of hydrogen-bond acceptors (Lipinski definition) is 5. The summed E-state index contributed by atoms with van der Waals surface area (Å²) >= 11 is 0.303. The Bertz CT molecular complexity index is 807. The monoisotopic (exact) mass is 430 g/mol. The molecule has 1 saturated carbocycles. The highest BCUT2D eigenvalue weighted by molar-refractivity contribution is 7.99. The number of esters is 1. The fourth-order valence-corrected chi connectivity index (χ4v) is 4.45. The average molecular weight is 430 g/mol. The number of ether oxygens (including phenoxy) is 1. The van der Waals surface area contributed by atoms with E-state index in [0.717, 1.165) is 19.3 Å². The molecule has 1 aliphatic carbocycles. The van der Waals surface area contributed by atoms with E-state index >= 15 is 0 Å². The Balaban J connectivity index is 2.07. The minimum Gasteiger partial charge on any atom is -0.459 e. The SMILES string of the molecule is CC1(OC(=O)CCSc2c(F)c(F)c(S(=O)(=O)O)c(F)c2F)CCCCC1. The lowest BCUT2D eigenvalue weighted by Gasteiger charge is -2.33. The van der Waals surface area contributed by atoms with Gasteiger partial charge in [-0.2, -0.15) is 8.42 Å². The van der Waals surface area contributed by atoms with Gasteiger partial charge in [-0.05, 0) is 32.6 Å². The van der Waals surface area contributed by atoms with Crippen LogP contribution in [0, 0.1) is 23.3 Å². The number of rotatable bonds is 6. The number of halogens is 4. The van der Waals surface area contributed by atoms with Crippen LogP contribution in [0.5, 0.6) is 0 Å². The van der Waals surface area contributed by atoms with Crippen molar-refractivity contribution in [1.29, 1.82) is 0 Å². The molecule has 0 atom stereocenters. The van der Waals surface area contributed by atoms with Crippen LogP contribution in [0.2, 0.25) is 0 Å². The van der Waals surface area contributed by atoms with Crippen LogP contribution in [0.25, 0.3) is 0 Å². The first-order chi connectivity index (χ1) is 12.5. The summed E-state index contributed by atoms with van der Waals surface area (Å²) in [5.41, 5.74) is -0.591. The molecule has 0 radical (unpaired) electrons. The van der Waals surface area contributed by atoms with Crippen LogP contribution in [0.3, 0.4) is 0 Å². The van der Waals surface area contributed by atoms with E-state index in [4.69, 9.17) is 9.29 Å². The van der Waals surface area contributed by atoms with Gasteiger partial charge < -0.3 is 4.74 Å². The maximum absolute atomic E-state index is 13.9. The zero-order valence-electron chi connectivity index (χ0n) is 14.4. The Morgan fingerprint density at radius 3 is 2.07 bits per heavy atom. The van der Waals surface area contributed by atoms with E-state index in [9.17, 15) is 30.8 Å². The normalized spacial score (nSPS) is 17.0. The summed E-state index contributed by atoms with van der Waals surface area (Å²) in [6, 6.07) is 0. The summed E-state index contributed by atoms with van der Waals surface area (Å²) in [6.45, 7) is 1.80. The Morgan fingerprint density at radius 1 is 1.07 bits per heavy atom. The largest absolute Gasteiger partial charge is 0.459 e. The van der Waals surface area contributed by atoms with Crippen molar-refractivity contribution in [3.63, 3.8) is 0 Å². The Morgan fingerprint density at radius 2 is 1.59 bits per heavy atom. The first-order valence-corrected chi connectivity index (χ1v) is 10.6. The van der Waals surface area contributed by atoms with Crippen molar-refractivity contribution in [1.82, 2.24) is 0 Å². The van der Waals surface area contributed by atoms with Gasteiger partial charge in [0.15, 0.2) is 28.2 Å². The summed E-state index contributed by atoms with van der Waals surface area (Å²) < 4.78 is 91.1. The summed E-state index contributed by atoms with van der Waals surface area (Å²) in [5, 5.41) is 0. The van der Waals surface area contributed by atoms with E-state index in [1.165, 1.54) is 0 Å². The maximum Gasteiger partial charge on any atom is 0.307 e. The van der Waals surface area contributed by atoms with Crippen molar-refractivity contribution >= 4 is 27.8 Å². The van der Waals surface area contributed by atoms with Crippen LogP contribution in [-0.2, 0) is 19.6 Å². The molecule has 1 aromatic rings. The van der Waals surface area contributed by atoms with Crippen LogP contribution in [0.4, 0.5) is 17.6 Å². The van der Waals surface area contributed by atoms with Crippen molar-refractivity contribution in [2.75, 3.05) is 5.75 Å². The molecule has 27 heavy (non-hydrogen) atoms. The van der Waals surface area contributed by atoms with Gasteiger partial charge in [-0.25, -0.2) is 17.6 Å². The molecule has 1 N–H and O–H groups in total. The minimum atomic E-state index is -5.50. The second kappa shape index (κ2) is 8.36. The second-order valence-corrected chi connectivity index (χ2v) is 8.94. The number of carbonyl (C=O) groups excluding carboxylic acids is 1. The van der Waals surface area contributed by atoms with Gasteiger partial charge in [-0.1, -0.05) is 6.42 Å². The third-order valence-electron chi connectivity index (χ3n) is 4.26. The molecule has 5 nitrogen and oxygen atoms in total. The summed E-state index contributed by atoms with van der Waals surface area (Å²) in [5.74, 6) is -9.22. The molecular weight excluding hydrogens is 412 g/mol. The molecule has 11 heteroatoms. The standard InChI is InChI=1S/C16H18F4O5S2/c1-16(6-3-2-4-7-16)25-9(21)5-8-26-14-10(17)12(19)15(27(22,23)24)13(20)11(14)18/h2-8H2,1H3,(H,22,23,24). The zero-order valence-corrected chi connectivity index (χ0v) is 16.0. The molecule has 0 aliphatic heterocycles. The van der Waals surface area contributed by atoms with E-state index < -0.39 is 54.7 Å². The Hall–Kier alpha value is -1.33. The lowest BCUT2D eigenvalue weighted by molar-refractivity contribution is -0.160. The molecular formula is C16H18F4O5S2. The number of benzene rings is 1. The lowest BCUT2D eigenvalue weighted by atomic mass is 9.86. The summed E-state index contributed by atoms with van der Waals surface area (Å²) in [6.07, 6.45) is 4.06. The molecule has 0 spiro atoms. The first-order valence-electron chi connectivity index (χ1n) is 8.14. The van der Waals surface area contributed by atoms with Crippen LogP contribution in [-0.4, -0.2) is 30.3 Å². The van der Waals surface area contributed by atoms with Gasteiger partial charge in [0.05, 0.1) is 11.3 Å². The van der Waals surface area contributed by atoms with Crippen molar-refractivity contribution in [2.45, 2.75) is 60.8 Å². The van der Waals surface area contributed by atoms with Gasteiger partial charge in [0, 0.05) is 5.75 Å². The van der Waals surface area contributed by atoms with Crippen molar-refractivity contribution in [2.24, 2.45) is 0 Å². The predicted octanol–water partition coefficient (Wildman–Crippen LogP) is 4.24.